The number of aromatic nitrogens is 1. The number of carbonyl (C=O) groups is 1. The summed E-state index contributed by atoms with van der Waals surface area (Å²) in [5.74, 6) is -0.102. The van der Waals surface area contributed by atoms with Crippen molar-refractivity contribution in [3.8, 4) is 0 Å². The van der Waals surface area contributed by atoms with Crippen molar-refractivity contribution in [2.24, 2.45) is 5.41 Å². The number of thiazole rings is 1. The molecule has 0 N–H and O–H groups in total. The molecule has 1 aromatic heterocycles. The third-order valence-electron chi connectivity index (χ3n) is 5.94. The van der Waals surface area contributed by atoms with E-state index in [0.717, 1.165) is 48.4 Å². The van der Waals surface area contributed by atoms with Crippen LogP contribution in [0.2, 0.25) is 0 Å². The first kappa shape index (κ1) is 22.2. The summed E-state index contributed by atoms with van der Waals surface area (Å²) in [6.45, 7) is 8.55. The van der Waals surface area contributed by atoms with Crippen molar-refractivity contribution >= 4 is 23.4 Å². The fourth-order valence-electron chi connectivity index (χ4n) is 3.90. The Labute approximate surface area is 182 Å². The van der Waals surface area contributed by atoms with E-state index in [2.05, 4.69) is 31.0 Å². The Morgan fingerprint density at radius 1 is 1.28 bits per heavy atom. The van der Waals surface area contributed by atoms with Gasteiger partial charge in [0.2, 0.25) is 0 Å². The van der Waals surface area contributed by atoms with Gasteiger partial charge in [-0.25, -0.2) is 4.98 Å². The molecule has 2 aliphatic rings. The maximum Gasteiger partial charge on any atom is 0.306 e. The van der Waals surface area contributed by atoms with E-state index in [-0.39, 0.29) is 32.5 Å². The molecule has 0 radical (unpaired) electrons. The average molecular weight is 422 g/mol. The van der Waals surface area contributed by atoms with Crippen molar-refractivity contribution in [2.45, 2.75) is 97.4 Å². The molecular weight excluding hydrogens is 382 g/mol. The van der Waals surface area contributed by atoms with Crippen molar-refractivity contribution < 1.29 is 17.1 Å². The first-order chi connectivity index (χ1) is 13.8. The highest BCUT2D eigenvalue weighted by Gasteiger charge is 2.40. The minimum Gasteiger partial charge on any atom is -0.458 e. The number of hydrogen-bond donors (Lipinski definition) is 0. The van der Waals surface area contributed by atoms with Gasteiger partial charge in [0.05, 0.1) is 22.9 Å². The SMILES string of the molecule is C/C(=C\c1csc(C)n1)[C@@H]1CC2OC2C/C=C\CCCCC(C)(C)CCC(=O)O1.[HH].[HH]. The summed E-state index contributed by atoms with van der Waals surface area (Å²) in [6, 6.07) is 0. The Morgan fingerprint density at radius 3 is 2.86 bits per heavy atom. The Hall–Kier alpha value is -1.46. The Balaban J connectivity index is 0.00000240. The van der Waals surface area contributed by atoms with Gasteiger partial charge >= 0.3 is 5.97 Å². The van der Waals surface area contributed by atoms with Crippen LogP contribution in [0.25, 0.3) is 6.08 Å². The van der Waals surface area contributed by atoms with Crippen LogP contribution in [0, 0.1) is 12.3 Å². The molecule has 3 heterocycles. The second kappa shape index (κ2) is 10.0. The van der Waals surface area contributed by atoms with Gasteiger partial charge in [-0.3, -0.25) is 4.79 Å². The third kappa shape index (κ3) is 7.38. The van der Waals surface area contributed by atoms with Crippen LogP contribution in [0.5, 0.6) is 0 Å². The van der Waals surface area contributed by atoms with Crippen LogP contribution >= 0.6 is 11.3 Å². The molecule has 3 rings (SSSR count). The molecule has 3 atom stereocenters. The van der Waals surface area contributed by atoms with Crippen molar-refractivity contribution in [3.63, 3.8) is 0 Å². The number of epoxide rings is 1. The summed E-state index contributed by atoms with van der Waals surface area (Å²) in [4.78, 5) is 17.2. The number of hydrogen-bond acceptors (Lipinski definition) is 5. The monoisotopic (exact) mass is 421 g/mol. The highest BCUT2D eigenvalue weighted by Crippen LogP contribution is 2.34. The van der Waals surface area contributed by atoms with Gasteiger partial charge in [0.25, 0.3) is 0 Å². The first-order valence-electron chi connectivity index (χ1n) is 10.9. The van der Waals surface area contributed by atoms with E-state index < -0.39 is 0 Å². The zero-order valence-corrected chi connectivity index (χ0v) is 19.1. The Morgan fingerprint density at radius 2 is 2.10 bits per heavy atom. The van der Waals surface area contributed by atoms with E-state index in [4.69, 9.17) is 9.47 Å². The molecule has 29 heavy (non-hydrogen) atoms. The molecule has 0 aliphatic carbocycles. The van der Waals surface area contributed by atoms with Crippen molar-refractivity contribution in [2.75, 3.05) is 0 Å². The van der Waals surface area contributed by atoms with Gasteiger partial charge in [0.1, 0.15) is 6.10 Å². The minimum atomic E-state index is -0.250. The second-order valence-electron chi connectivity index (χ2n) is 9.22. The molecule has 0 spiro atoms. The lowest BCUT2D eigenvalue weighted by Crippen LogP contribution is -2.23. The van der Waals surface area contributed by atoms with E-state index >= 15 is 0 Å². The largest absolute Gasteiger partial charge is 0.458 e. The molecule has 1 fully saturated rings. The molecule has 0 saturated carbocycles. The van der Waals surface area contributed by atoms with E-state index in [9.17, 15) is 4.79 Å². The number of fused-ring (bicyclic) bond motifs is 1. The predicted octanol–water partition coefficient (Wildman–Crippen LogP) is 6.74. The van der Waals surface area contributed by atoms with Gasteiger partial charge < -0.3 is 9.47 Å². The molecule has 0 amide bonds. The summed E-state index contributed by atoms with van der Waals surface area (Å²) in [6.07, 6.45) is 14.5. The lowest BCUT2D eigenvalue weighted by Gasteiger charge is -2.25. The van der Waals surface area contributed by atoms with Gasteiger partial charge in [-0.15, -0.1) is 11.3 Å². The zero-order chi connectivity index (χ0) is 20.9. The third-order valence-corrected chi connectivity index (χ3v) is 6.73. The van der Waals surface area contributed by atoms with Gasteiger partial charge in [-0.2, -0.15) is 0 Å². The van der Waals surface area contributed by atoms with Crippen molar-refractivity contribution in [1.29, 1.82) is 0 Å². The number of rotatable bonds is 2. The predicted molar refractivity (Wildman–Crippen MR) is 123 cm³/mol. The van der Waals surface area contributed by atoms with E-state index in [0.29, 0.717) is 6.42 Å². The van der Waals surface area contributed by atoms with E-state index in [1.807, 2.05) is 25.3 Å². The molecule has 1 aromatic rings. The fraction of sp³-hybridized carbons (Fsp3) is 0.667. The van der Waals surface area contributed by atoms with Crippen LogP contribution in [0.3, 0.4) is 0 Å². The maximum atomic E-state index is 12.6. The quantitative estimate of drug-likeness (QED) is 0.301. The molecule has 164 valence electrons. The Bertz CT molecular complexity index is 760. The summed E-state index contributed by atoms with van der Waals surface area (Å²) in [7, 11) is 0. The van der Waals surface area contributed by atoms with Gasteiger partial charge in [-0.1, -0.05) is 32.4 Å². The zero-order valence-electron chi connectivity index (χ0n) is 18.3. The number of aryl methyl sites for hydroxylation is 1. The van der Waals surface area contributed by atoms with Crippen LogP contribution in [0.1, 0.15) is 85.7 Å². The smallest absolute Gasteiger partial charge is 0.306 e. The molecule has 0 bridgehead atoms. The lowest BCUT2D eigenvalue weighted by molar-refractivity contribution is -0.148. The van der Waals surface area contributed by atoms with Crippen LogP contribution in [-0.4, -0.2) is 29.3 Å². The Kier molecular flexibility index (Phi) is 7.69. The van der Waals surface area contributed by atoms with Crippen LogP contribution in [0.15, 0.2) is 23.1 Å². The molecule has 4 nitrogen and oxygen atoms in total. The van der Waals surface area contributed by atoms with E-state index in [1.54, 1.807) is 11.3 Å². The maximum absolute atomic E-state index is 12.6. The number of nitrogens with zero attached hydrogens (tertiary/aromatic N) is 1. The number of ether oxygens (including phenoxy) is 2. The van der Waals surface area contributed by atoms with Crippen molar-refractivity contribution in [1.82, 2.24) is 4.98 Å². The molecule has 2 unspecified atom stereocenters. The number of esters is 1. The molecular formula is C24H39NO3S. The normalized spacial score (nSPS) is 30.3. The number of carbonyl (C=O) groups excluding carboxylic acids is 1. The van der Waals surface area contributed by atoms with Crippen LogP contribution in [0.4, 0.5) is 0 Å². The van der Waals surface area contributed by atoms with Gasteiger partial charge in [0, 0.05) is 21.1 Å². The highest BCUT2D eigenvalue weighted by atomic mass is 32.1. The standard InChI is InChI=1S/C24H35NO3S.2H2/c1-17(14-19-16-29-18(2)25-19)21-15-22-20(27-22)10-8-6-5-7-9-12-24(3,4)13-11-23(26)28-21;;/h6,8,14,16,20-22H,5,7,9-13,15H2,1-4H3;2*1H/b8-6-,17-14+;;/t20?,21-,22?;;/m0../s1. The average Bonchev–Trinajstić information content (AvgIpc) is 3.27. The number of cyclic esters (lactones) is 1. The minimum absolute atomic E-state index is 0. The topological polar surface area (TPSA) is 51.7 Å². The van der Waals surface area contributed by atoms with Crippen LogP contribution in [-0.2, 0) is 14.3 Å². The van der Waals surface area contributed by atoms with E-state index in [1.165, 1.54) is 12.8 Å². The number of allylic oxidation sites excluding steroid dienone is 1. The van der Waals surface area contributed by atoms with Crippen LogP contribution < -0.4 is 0 Å². The summed E-state index contributed by atoms with van der Waals surface area (Å²) in [5, 5.41) is 3.08. The molecule has 0 aromatic carbocycles. The van der Waals surface area contributed by atoms with Crippen molar-refractivity contribution in [3.05, 3.63) is 33.8 Å². The summed E-state index contributed by atoms with van der Waals surface area (Å²) < 4.78 is 11.8. The van der Waals surface area contributed by atoms with Gasteiger partial charge in [0.15, 0.2) is 0 Å². The summed E-state index contributed by atoms with van der Waals surface area (Å²) >= 11 is 1.63. The first-order valence-corrected chi connectivity index (χ1v) is 11.8. The fourth-order valence-corrected chi connectivity index (χ4v) is 4.47. The molecule has 1 saturated heterocycles. The van der Waals surface area contributed by atoms with Gasteiger partial charge in [-0.05, 0) is 63.0 Å². The molecule has 5 heteroatoms. The summed E-state index contributed by atoms with van der Waals surface area (Å²) in [5.41, 5.74) is 2.14. The molecule has 2 aliphatic heterocycles. The second-order valence-corrected chi connectivity index (χ2v) is 10.3. The lowest BCUT2D eigenvalue weighted by atomic mass is 9.82. The highest BCUT2D eigenvalue weighted by molar-refractivity contribution is 7.09.